The Morgan fingerprint density at radius 3 is 2.27 bits per heavy atom. The molecule has 0 atom stereocenters. The molecule has 5 nitrogen and oxygen atoms in total. The molecule has 0 unspecified atom stereocenters. The molecule has 166 valence electrons. The lowest BCUT2D eigenvalue weighted by atomic mass is 9.56. The summed E-state index contributed by atoms with van der Waals surface area (Å²) in [7, 11) is 3.64. The second kappa shape index (κ2) is 8.76. The fourth-order valence-electron chi connectivity index (χ4n) is 5.51. The smallest absolute Gasteiger partial charge is 0.317 e. The zero-order valence-corrected chi connectivity index (χ0v) is 19.7. The summed E-state index contributed by atoms with van der Waals surface area (Å²) in [5.74, 6) is 0. The van der Waals surface area contributed by atoms with E-state index in [9.17, 15) is 4.79 Å². The van der Waals surface area contributed by atoms with Crippen molar-refractivity contribution in [2.24, 2.45) is 5.41 Å². The first-order valence-electron chi connectivity index (χ1n) is 11.2. The molecule has 7 heteroatoms. The van der Waals surface area contributed by atoms with Crippen molar-refractivity contribution < 1.29 is 4.79 Å². The van der Waals surface area contributed by atoms with Gasteiger partial charge in [0.25, 0.3) is 0 Å². The van der Waals surface area contributed by atoms with Crippen LogP contribution < -0.4 is 10.2 Å². The minimum atomic E-state index is 0.0466. The van der Waals surface area contributed by atoms with E-state index in [1.54, 1.807) is 4.90 Å². The minimum Gasteiger partial charge on any atom is -0.368 e. The molecule has 1 heterocycles. The Morgan fingerprint density at radius 2 is 1.67 bits per heavy atom. The Morgan fingerprint density at radius 1 is 1.03 bits per heavy atom. The third-order valence-corrected chi connectivity index (χ3v) is 8.59. The molecule has 3 saturated carbocycles. The van der Waals surface area contributed by atoms with Gasteiger partial charge in [0.2, 0.25) is 0 Å². The van der Waals surface area contributed by atoms with E-state index in [2.05, 4.69) is 21.2 Å². The largest absolute Gasteiger partial charge is 0.368 e. The van der Waals surface area contributed by atoms with Crippen LogP contribution in [0.1, 0.15) is 44.9 Å². The molecule has 1 N–H and O–H groups in total. The average Bonchev–Trinajstić information content (AvgIpc) is 2.76. The van der Waals surface area contributed by atoms with Crippen molar-refractivity contribution in [3.05, 3.63) is 28.2 Å². The molecule has 0 aromatic heterocycles. The lowest BCUT2D eigenvalue weighted by Crippen LogP contribution is -2.58. The first-order chi connectivity index (χ1) is 14.3. The van der Waals surface area contributed by atoms with E-state index in [-0.39, 0.29) is 11.6 Å². The normalized spacial score (nSPS) is 29.1. The van der Waals surface area contributed by atoms with Gasteiger partial charge in [0.1, 0.15) is 0 Å². The van der Waals surface area contributed by atoms with Gasteiger partial charge < -0.3 is 15.1 Å². The maximum Gasteiger partial charge on any atom is 0.317 e. The number of nitrogens with one attached hydrogen (secondary N) is 1. The van der Waals surface area contributed by atoms with E-state index in [1.165, 1.54) is 32.2 Å². The molecule has 1 saturated heterocycles. The molecule has 0 radical (unpaired) electrons. The van der Waals surface area contributed by atoms with Gasteiger partial charge in [-0.2, -0.15) is 0 Å². The van der Waals surface area contributed by atoms with E-state index in [0.29, 0.717) is 15.5 Å². The molecule has 0 spiro atoms. The summed E-state index contributed by atoms with van der Waals surface area (Å²) in [5.41, 5.74) is 1.58. The van der Waals surface area contributed by atoms with E-state index < -0.39 is 0 Å². The SMILES string of the molecule is CN(C)C(=O)NC12CCC(CCN3CCN(c4cccc(Cl)c4Cl)CC3)(CC1)CC2. The lowest BCUT2D eigenvalue weighted by Gasteiger charge is -2.54. The number of piperazine rings is 1. The molecular formula is C23H34Cl2N4O. The first kappa shape index (κ1) is 22.0. The Kier molecular flexibility index (Phi) is 6.43. The van der Waals surface area contributed by atoms with Gasteiger partial charge in [-0.25, -0.2) is 4.79 Å². The summed E-state index contributed by atoms with van der Waals surface area (Å²) in [6, 6.07) is 5.94. The Bertz CT molecular complexity index is 752. The van der Waals surface area contributed by atoms with Crippen LogP contribution in [0.4, 0.5) is 10.5 Å². The summed E-state index contributed by atoms with van der Waals surface area (Å²) in [5, 5.41) is 4.62. The summed E-state index contributed by atoms with van der Waals surface area (Å²) in [4.78, 5) is 18.8. The zero-order valence-electron chi connectivity index (χ0n) is 18.2. The molecular weight excluding hydrogens is 419 g/mol. The van der Waals surface area contributed by atoms with E-state index >= 15 is 0 Å². The predicted molar refractivity (Wildman–Crippen MR) is 125 cm³/mol. The fourth-order valence-corrected chi connectivity index (χ4v) is 5.92. The second-order valence-corrected chi connectivity index (χ2v) is 10.5. The van der Waals surface area contributed by atoms with Crippen LogP contribution in [0.2, 0.25) is 10.0 Å². The van der Waals surface area contributed by atoms with Gasteiger partial charge in [-0.1, -0.05) is 29.3 Å². The van der Waals surface area contributed by atoms with Crippen LogP contribution in [0, 0.1) is 5.41 Å². The van der Waals surface area contributed by atoms with Crippen molar-refractivity contribution in [1.82, 2.24) is 15.1 Å². The molecule has 5 rings (SSSR count). The average molecular weight is 453 g/mol. The van der Waals surface area contributed by atoms with Gasteiger partial charge in [0.15, 0.2) is 0 Å². The van der Waals surface area contributed by atoms with Crippen LogP contribution in [0.25, 0.3) is 0 Å². The number of carbonyl (C=O) groups is 1. The van der Waals surface area contributed by atoms with E-state index in [1.807, 2.05) is 26.2 Å². The third kappa shape index (κ3) is 4.53. The molecule has 4 aliphatic rings. The molecule has 30 heavy (non-hydrogen) atoms. The van der Waals surface area contributed by atoms with Crippen molar-refractivity contribution in [3.63, 3.8) is 0 Å². The second-order valence-electron chi connectivity index (χ2n) is 9.76. The van der Waals surface area contributed by atoms with Crippen molar-refractivity contribution in [3.8, 4) is 0 Å². The quantitative estimate of drug-likeness (QED) is 0.692. The summed E-state index contributed by atoms with van der Waals surface area (Å²) in [6.45, 7) is 5.30. The highest BCUT2D eigenvalue weighted by atomic mass is 35.5. The predicted octanol–water partition coefficient (Wildman–Crippen LogP) is 4.87. The Balaban J connectivity index is 1.25. The summed E-state index contributed by atoms with van der Waals surface area (Å²) >= 11 is 12.6. The van der Waals surface area contributed by atoms with Gasteiger partial charge in [-0.05, 0) is 69.0 Å². The number of fused-ring (bicyclic) bond motifs is 3. The molecule has 1 aromatic rings. The lowest BCUT2D eigenvalue weighted by molar-refractivity contribution is 0.0134. The number of carbonyl (C=O) groups excluding carboxylic acids is 1. The van der Waals surface area contributed by atoms with Gasteiger partial charge in [0.05, 0.1) is 15.7 Å². The van der Waals surface area contributed by atoms with Crippen LogP contribution in [0.3, 0.4) is 0 Å². The van der Waals surface area contributed by atoms with Crippen LogP contribution in [-0.4, -0.2) is 68.2 Å². The number of amides is 2. The molecule has 2 bridgehead atoms. The van der Waals surface area contributed by atoms with Gasteiger partial charge in [-0.15, -0.1) is 0 Å². The fraction of sp³-hybridized carbons (Fsp3) is 0.696. The standard InChI is InChI=1S/C23H34Cl2N4O/c1-27(2)21(30)26-23-9-6-22(7-10-23,8-11-23)12-13-28-14-16-29(17-15-28)19-5-3-4-18(24)20(19)25/h3-5H,6-17H2,1-2H3,(H,26,30). The number of halogens is 2. The van der Waals surface area contributed by atoms with E-state index in [4.69, 9.17) is 23.2 Å². The minimum absolute atomic E-state index is 0.0466. The summed E-state index contributed by atoms with van der Waals surface area (Å²) in [6.07, 6.45) is 8.42. The van der Waals surface area contributed by atoms with Crippen molar-refractivity contribution in [2.75, 3.05) is 51.7 Å². The number of rotatable bonds is 5. The number of benzene rings is 1. The number of nitrogens with zero attached hydrogens (tertiary/aromatic N) is 3. The number of anilines is 1. The van der Waals surface area contributed by atoms with Crippen molar-refractivity contribution in [1.29, 1.82) is 0 Å². The van der Waals surface area contributed by atoms with Gasteiger partial charge in [-0.3, -0.25) is 4.90 Å². The van der Waals surface area contributed by atoms with Crippen LogP contribution >= 0.6 is 23.2 Å². The van der Waals surface area contributed by atoms with Crippen LogP contribution in [0.15, 0.2) is 18.2 Å². The van der Waals surface area contributed by atoms with Gasteiger partial charge >= 0.3 is 6.03 Å². The molecule has 2 amide bonds. The molecule has 1 aromatic carbocycles. The number of hydrogen-bond donors (Lipinski definition) is 1. The highest BCUT2D eigenvalue weighted by molar-refractivity contribution is 6.43. The number of hydrogen-bond acceptors (Lipinski definition) is 3. The highest BCUT2D eigenvalue weighted by Crippen LogP contribution is 2.54. The monoisotopic (exact) mass is 452 g/mol. The molecule has 4 fully saturated rings. The maximum atomic E-state index is 12.2. The van der Waals surface area contributed by atoms with Crippen molar-refractivity contribution >= 4 is 34.9 Å². The van der Waals surface area contributed by atoms with Crippen LogP contribution in [0.5, 0.6) is 0 Å². The maximum absolute atomic E-state index is 12.2. The van der Waals surface area contributed by atoms with Gasteiger partial charge in [0, 0.05) is 45.8 Å². The summed E-state index contributed by atoms with van der Waals surface area (Å²) < 4.78 is 0. The van der Waals surface area contributed by atoms with Crippen LogP contribution in [-0.2, 0) is 0 Å². The topological polar surface area (TPSA) is 38.8 Å². The van der Waals surface area contributed by atoms with Crippen molar-refractivity contribution in [2.45, 2.75) is 50.5 Å². The Labute approximate surface area is 190 Å². The number of urea groups is 1. The Hall–Kier alpha value is -1.17. The van der Waals surface area contributed by atoms with E-state index in [0.717, 1.165) is 51.1 Å². The molecule has 3 aliphatic carbocycles. The third-order valence-electron chi connectivity index (χ3n) is 7.78. The molecule has 1 aliphatic heterocycles. The zero-order chi connectivity index (χ0) is 21.4. The highest BCUT2D eigenvalue weighted by Gasteiger charge is 2.49. The first-order valence-corrected chi connectivity index (χ1v) is 12.0.